The van der Waals surface area contributed by atoms with E-state index in [0.29, 0.717) is 5.56 Å². The molecule has 0 aliphatic rings. The van der Waals surface area contributed by atoms with Crippen molar-refractivity contribution in [2.24, 2.45) is 5.92 Å². The molecule has 0 fully saturated rings. The Morgan fingerprint density at radius 2 is 1.57 bits per heavy atom. The third kappa shape index (κ3) is 4.79. The second-order valence-corrected chi connectivity index (χ2v) is 6.55. The van der Waals surface area contributed by atoms with Crippen LogP contribution >= 0.6 is 0 Å². The van der Waals surface area contributed by atoms with Gasteiger partial charge in [-0.25, -0.2) is 4.79 Å². The lowest BCUT2D eigenvalue weighted by Gasteiger charge is -2.31. The van der Waals surface area contributed by atoms with Crippen molar-refractivity contribution in [3.63, 3.8) is 0 Å². The molecular weight excluding hydrogens is 364 g/mol. The molecule has 8 nitrogen and oxygen atoms in total. The molecule has 0 aliphatic carbocycles. The quantitative estimate of drug-likeness (QED) is 0.425. The maximum absolute atomic E-state index is 13.0. The Labute approximate surface area is 161 Å². The molecule has 0 aromatic heterocycles. The molecule has 1 N–H and O–H groups in total. The zero-order valence-corrected chi connectivity index (χ0v) is 15.4. The summed E-state index contributed by atoms with van der Waals surface area (Å²) in [6.07, 6.45) is 0. The van der Waals surface area contributed by atoms with Crippen LogP contribution in [0.5, 0.6) is 0 Å². The first-order valence-electron chi connectivity index (χ1n) is 8.59. The van der Waals surface area contributed by atoms with Crippen LogP contribution in [0.25, 0.3) is 0 Å². The normalized spacial score (nSPS) is 11.7. The first-order valence-corrected chi connectivity index (χ1v) is 8.59. The summed E-state index contributed by atoms with van der Waals surface area (Å²) in [5, 5.41) is 20.4. The Kier molecular flexibility index (Phi) is 6.59. The van der Waals surface area contributed by atoms with Crippen LogP contribution in [0.1, 0.15) is 34.6 Å². The van der Waals surface area contributed by atoms with E-state index in [2.05, 4.69) is 0 Å². The highest BCUT2D eigenvalue weighted by atomic mass is 16.6. The Hall–Kier alpha value is -3.55. The lowest BCUT2D eigenvalue weighted by Crippen LogP contribution is -2.50. The minimum absolute atomic E-state index is 0.0679. The summed E-state index contributed by atoms with van der Waals surface area (Å²) in [7, 11) is 0. The molecule has 1 atom stereocenters. The minimum Gasteiger partial charge on any atom is -0.480 e. The van der Waals surface area contributed by atoms with Gasteiger partial charge in [-0.05, 0) is 18.1 Å². The molecule has 0 heterocycles. The number of rotatable bonds is 8. The van der Waals surface area contributed by atoms with Crippen molar-refractivity contribution in [3.05, 3.63) is 75.8 Å². The number of hydrogen-bond acceptors (Lipinski definition) is 5. The van der Waals surface area contributed by atoms with Crippen LogP contribution in [-0.4, -0.2) is 45.2 Å². The molecule has 0 saturated carbocycles. The molecule has 1 amide bonds. The molecule has 28 heavy (non-hydrogen) atoms. The Bertz CT molecular complexity index is 877. The van der Waals surface area contributed by atoms with Crippen molar-refractivity contribution in [1.29, 1.82) is 0 Å². The summed E-state index contributed by atoms with van der Waals surface area (Å²) in [5.74, 6) is -2.77. The number of aliphatic carboxylic acids is 1. The topological polar surface area (TPSA) is 118 Å². The summed E-state index contributed by atoms with van der Waals surface area (Å²) in [5.41, 5.74) is 0.234. The fraction of sp³-hybridized carbons (Fsp3) is 0.250. The van der Waals surface area contributed by atoms with Gasteiger partial charge in [0.05, 0.1) is 11.5 Å². The van der Waals surface area contributed by atoms with E-state index in [1.807, 2.05) is 0 Å². The number of carboxylic acid groups (broad SMARTS) is 1. The van der Waals surface area contributed by atoms with Crippen molar-refractivity contribution in [3.8, 4) is 0 Å². The smallest absolute Gasteiger partial charge is 0.326 e. The van der Waals surface area contributed by atoms with Gasteiger partial charge in [0.2, 0.25) is 0 Å². The molecule has 146 valence electrons. The first kappa shape index (κ1) is 20.8. The zero-order chi connectivity index (χ0) is 20.8. The van der Waals surface area contributed by atoms with Crippen molar-refractivity contribution >= 4 is 23.3 Å². The average molecular weight is 384 g/mol. The summed E-state index contributed by atoms with van der Waals surface area (Å²) >= 11 is 0. The van der Waals surface area contributed by atoms with Crippen LogP contribution in [-0.2, 0) is 4.79 Å². The van der Waals surface area contributed by atoms with Gasteiger partial charge in [0, 0.05) is 23.3 Å². The van der Waals surface area contributed by atoms with E-state index in [-0.39, 0.29) is 11.3 Å². The average Bonchev–Trinajstić information content (AvgIpc) is 2.67. The van der Waals surface area contributed by atoms with Crippen LogP contribution in [0.3, 0.4) is 0 Å². The number of nitro groups is 1. The highest BCUT2D eigenvalue weighted by Gasteiger charge is 2.34. The number of carboxylic acids is 1. The highest BCUT2D eigenvalue weighted by molar-refractivity contribution is 6.03. The number of nitrogens with zero attached hydrogens (tertiary/aromatic N) is 2. The second kappa shape index (κ2) is 8.90. The van der Waals surface area contributed by atoms with Gasteiger partial charge in [-0.2, -0.15) is 0 Å². The molecule has 0 saturated heterocycles. The highest BCUT2D eigenvalue weighted by Crippen LogP contribution is 2.19. The molecule has 8 heteroatoms. The van der Waals surface area contributed by atoms with Crippen molar-refractivity contribution in [2.45, 2.75) is 19.9 Å². The lowest BCUT2D eigenvalue weighted by molar-refractivity contribution is -0.384. The monoisotopic (exact) mass is 384 g/mol. The maximum atomic E-state index is 13.0. The summed E-state index contributed by atoms with van der Waals surface area (Å²) in [6.45, 7) is 2.86. The zero-order valence-electron chi connectivity index (χ0n) is 15.4. The third-order valence-electron chi connectivity index (χ3n) is 4.22. The molecule has 2 aromatic rings. The van der Waals surface area contributed by atoms with Crippen molar-refractivity contribution in [1.82, 2.24) is 4.90 Å². The van der Waals surface area contributed by atoms with Crippen LogP contribution in [0, 0.1) is 16.0 Å². The molecular formula is C20H20N2O6. The predicted octanol–water partition coefficient (Wildman–Crippen LogP) is 3.03. The van der Waals surface area contributed by atoms with E-state index in [0.717, 1.165) is 17.0 Å². The SMILES string of the molecule is CC(C)C(C(=O)O)N(CC(=O)c1ccccc1)C(=O)c1ccc([N+](=O)[O-])cc1. The van der Waals surface area contributed by atoms with Crippen molar-refractivity contribution < 1.29 is 24.4 Å². The molecule has 0 spiro atoms. The van der Waals surface area contributed by atoms with Gasteiger partial charge < -0.3 is 10.0 Å². The summed E-state index contributed by atoms with van der Waals surface area (Å²) < 4.78 is 0. The van der Waals surface area contributed by atoms with E-state index in [9.17, 15) is 29.6 Å². The number of carbonyl (C=O) groups is 3. The molecule has 0 bridgehead atoms. The number of carbonyl (C=O) groups excluding carboxylic acids is 2. The van der Waals surface area contributed by atoms with Gasteiger partial charge in [-0.1, -0.05) is 44.2 Å². The number of non-ortho nitro benzene ring substituents is 1. The Balaban J connectivity index is 2.39. The number of nitro benzene ring substituents is 1. The standard InChI is InChI=1S/C20H20N2O6/c1-13(2)18(20(25)26)21(12-17(23)14-6-4-3-5-7-14)19(24)15-8-10-16(11-9-15)22(27)28/h3-11,13,18H,12H2,1-2H3,(H,25,26). The molecule has 1 unspecified atom stereocenters. The molecule has 2 aromatic carbocycles. The lowest BCUT2D eigenvalue weighted by atomic mass is 10.00. The Morgan fingerprint density at radius 3 is 2.04 bits per heavy atom. The van der Waals surface area contributed by atoms with E-state index in [1.54, 1.807) is 44.2 Å². The van der Waals surface area contributed by atoms with Gasteiger partial charge in [-0.3, -0.25) is 19.7 Å². The molecule has 0 aliphatic heterocycles. The van der Waals surface area contributed by atoms with Gasteiger partial charge in [0.25, 0.3) is 11.6 Å². The number of hydrogen-bond donors (Lipinski definition) is 1. The van der Waals surface area contributed by atoms with Gasteiger partial charge in [0.15, 0.2) is 5.78 Å². The summed E-state index contributed by atoms with van der Waals surface area (Å²) in [4.78, 5) is 48.6. The van der Waals surface area contributed by atoms with Gasteiger partial charge >= 0.3 is 5.97 Å². The largest absolute Gasteiger partial charge is 0.480 e. The maximum Gasteiger partial charge on any atom is 0.326 e. The molecule has 2 rings (SSSR count). The molecule has 0 radical (unpaired) electrons. The van der Waals surface area contributed by atoms with Crippen LogP contribution in [0.15, 0.2) is 54.6 Å². The van der Waals surface area contributed by atoms with E-state index in [4.69, 9.17) is 0 Å². The van der Waals surface area contributed by atoms with E-state index in [1.165, 1.54) is 12.1 Å². The first-order chi connectivity index (χ1) is 13.2. The van der Waals surface area contributed by atoms with Crippen LogP contribution < -0.4 is 0 Å². The summed E-state index contributed by atoms with van der Waals surface area (Å²) in [6, 6.07) is 11.9. The number of ketones is 1. The second-order valence-electron chi connectivity index (χ2n) is 6.55. The predicted molar refractivity (Wildman–Crippen MR) is 101 cm³/mol. The van der Waals surface area contributed by atoms with Crippen LogP contribution in [0.4, 0.5) is 5.69 Å². The minimum atomic E-state index is -1.23. The third-order valence-corrected chi connectivity index (χ3v) is 4.22. The number of Topliss-reactive ketones (excluding diaryl/α,β-unsaturated/α-hetero) is 1. The Morgan fingerprint density at radius 1 is 1.00 bits per heavy atom. The number of amides is 1. The number of benzene rings is 2. The fourth-order valence-corrected chi connectivity index (χ4v) is 2.84. The van der Waals surface area contributed by atoms with E-state index >= 15 is 0 Å². The fourth-order valence-electron chi connectivity index (χ4n) is 2.84. The van der Waals surface area contributed by atoms with Gasteiger partial charge in [-0.15, -0.1) is 0 Å². The van der Waals surface area contributed by atoms with Crippen LogP contribution in [0.2, 0.25) is 0 Å². The van der Waals surface area contributed by atoms with E-state index < -0.39 is 41.1 Å². The van der Waals surface area contributed by atoms with Gasteiger partial charge in [0.1, 0.15) is 6.04 Å². The van der Waals surface area contributed by atoms with Crippen molar-refractivity contribution in [2.75, 3.05) is 6.54 Å².